The lowest BCUT2D eigenvalue weighted by Gasteiger charge is -2.26. The van der Waals surface area contributed by atoms with E-state index in [1.807, 2.05) is 13.8 Å². The van der Waals surface area contributed by atoms with Crippen LogP contribution in [-0.2, 0) is 11.2 Å². The van der Waals surface area contributed by atoms with Gasteiger partial charge in [-0.25, -0.2) is 8.78 Å². The normalized spacial score (nSPS) is 15.0. The SMILES string of the molecule is COC(C(C)C)C(N)Cc1c(F)cccc1F. The minimum atomic E-state index is -0.556. The summed E-state index contributed by atoms with van der Waals surface area (Å²) in [6.45, 7) is 3.93. The molecule has 0 aliphatic carbocycles. The van der Waals surface area contributed by atoms with E-state index in [0.717, 1.165) is 0 Å². The molecule has 2 unspecified atom stereocenters. The molecule has 0 fully saturated rings. The highest BCUT2D eigenvalue weighted by Gasteiger charge is 2.23. The first-order valence-corrected chi connectivity index (χ1v) is 5.68. The third-order valence-electron chi connectivity index (χ3n) is 2.85. The molecule has 17 heavy (non-hydrogen) atoms. The van der Waals surface area contributed by atoms with Crippen molar-refractivity contribution in [2.75, 3.05) is 7.11 Å². The Morgan fingerprint density at radius 2 is 1.76 bits per heavy atom. The molecule has 2 nitrogen and oxygen atoms in total. The molecule has 0 saturated heterocycles. The van der Waals surface area contributed by atoms with Gasteiger partial charge in [0.2, 0.25) is 0 Å². The molecule has 0 spiro atoms. The third-order valence-corrected chi connectivity index (χ3v) is 2.85. The number of methoxy groups -OCH3 is 1. The fourth-order valence-electron chi connectivity index (χ4n) is 2.02. The van der Waals surface area contributed by atoms with Gasteiger partial charge in [-0.05, 0) is 24.5 Å². The van der Waals surface area contributed by atoms with Gasteiger partial charge in [-0.15, -0.1) is 0 Å². The van der Waals surface area contributed by atoms with Gasteiger partial charge in [0.25, 0.3) is 0 Å². The van der Waals surface area contributed by atoms with E-state index in [4.69, 9.17) is 10.5 Å². The lowest BCUT2D eigenvalue weighted by Crippen LogP contribution is -2.41. The van der Waals surface area contributed by atoms with Crippen molar-refractivity contribution in [3.8, 4) is 0 Å². The van der Waals surface area contributed by atoms with Crippen molar-refractivity contribution in [3.63, 3.8) is 0 Å². The number of hydrogen-bond acceptors (Lipinski definition) is 2. The molecule has 0 heterocycles. The largest absolute Gasteiger partial charge is 0.380 e. The van der Waals surface area contributed by atoms with E-state index in [1.165, 1.54) is 18.2 Å². The van der Waals surface area contributed by atoms with Gasteiger partial charge in [-0.2, -0.15) is 0 Å². The van der Waals surface area contributed by atoms with Crippen molar-refractivity contribution in [3.05, 3.63) is 35.4 Å². The van der Waals surface area contributed by atoms with Gasteiger partial charge in [-0.1, -0.05) is 19.9 Å². The molecule has 2 atom stereocenters. The van der Waals surface area contributed by atoms with Crippen LogP contribution in [0.5, 0.6) is 0 Å². The zero-order valence-electron chi connectivity index (χ0n) is 10.4. The van der Waals surface area contributed by atoms with Crippen LogP contribution >= 0.6 is 0 Å². The standard InChI is InChI=1S/C13H19F2NO/c1-8(2)13(17-3)12(16)7-9-10(14)5-4-6-11(9)15/h4-6,8,12-13H,7,16H2,1-3H3. The quantitative estimate of drug-likeness (QED) is 0.862. The molecule has 1 aromatic carbocycles. The Bertz CT molecular complexity index is 348. The summed E-state index contributed by atoms with van der Waals surface area (Å²) >= 11 is 0. The highest BCUT2D eigenvalue weighted by Crippen LogP contribution is 2.18. The van der Waals surface area contributed by atoms with E-state index >= 15 is 0 Å². The Labute approximate surface area is 101 Å². The zero-order valence-corrected chi connectivity index (χ0v) is 10.4. The molecule has 0 bridgehead atoms. The van der Waals surface area contributed by atoms with E-state index in [-0.39, 0.29) is 24.0 Å². The third kappa shape index (κ3) is 3.48. The average molecular weight is 243 g/mol. The van der Waals surface area contributed by atoms with Crippen LogP contribution in [0.2, 0.25) is 0 Å². The number of hydrogen-bond donors (Lipinski definition) is 1. The second-order valence-electron chi connectivity index (χ2n) is 4.51. The molecule has 2 N–H and O–H groups in total. The van der Waals surface area contributed by atoms with Gasteiger partial charge in [0.05, 0.1) is 6.10 Å². The van der Waals surface area contributed by atoms with Crippen LogP contribution in [0.25, 0.3) is 0 Å². The van der Waals surface area contributed by atoms with Crippen LogP contribution in [0.4, 0.5) is 8.78 Å². The molecule has 0 radical (unpaired) electrons. The summed E-state index contributed by atoms with van der Waals surface area (Å²) in [5.41, 5.74) is 5.97. The molecule has 1 rings (SSSR count). The van der Waals surface area contributed by atoms with Crippen molar-refractivity contribution < 1.29 is 13.5 Å². The van der Waals surface area contributed by atoms with E-state index in [2.05, 4.69) is 0 Å². The maximum Gasteiger partial charge on any atom is 0.129 e. The van der Waals surface area contributed by atoms with Crippen molar-refractivity contribution in [1.82, 2.24) is 0 Å². The Hall–Kier alpha value is -1.00. The minimum absolute atomic E-state index is 0.0303. The van der Waals surface area contributed by atoms with Gasteiger partial charge in [0.15, 0.2) is 0 Å². The number of nitrogens with two attached hydrogens (primary N) is 1. The number of benzene rings is 1. The Morgan fingerprint density at radius 1 is 1.24 bits per heavy atom. The predicted molar refractivity (Wildman–Crippen MR) is 63.7 cm³/mol. The molecule has 0 aliphatic rings. The lowest BCUT2D eigenvalue weighted by molar-refractivity contribution is 0.0437. The van der Waals surface area contributed by atoms with E-state index in [1.54, 1.807) is 7.11 Å². The summed E-state index contributed by atoms with van der Waals surface area (Å²) in [6.07, 6.45) is -0.0798. The molecule has 0 amide bonds. The molecular weight excluding hydrogens is 224 g/mol. The predicted octanol–water partition coefficient (Wildman–Crippen LogP) is 2.51. The monoisotopic (exact) mass is 243 g/mol. The summed E-state index contributed by atoms with van der Waals surface area (Å²) in [5.74, 6) is -0.914. The molecule has 0 aromatic heterocycles. The van der Waals surface area contributed by atoms with Crippen molar-refractivity contribution in [1.29, 1.82) is 0 Å². The molecule has 0 saturated carbocycles. The molecule has 1 aromatic rings. The van der Waals surface area contributed by atoms with E-state index < -0.39 is 17.7 Å². The minimum Gasteiger partial charge on any atom is -0.380 e. The van der Waals surface area contributed by atoms with Crippen LogP contribution < -0.4 is 5.73 Å². The van der Waals surface area contributed by atoms with Crippen LogP contribution in [0, 0.1) is 17.6 Å². The molecule has 0 aliphatic heterocycles. The van der Waals surface area contributed by atoms with E-state index in [9.17, 15) is 8.78 Å². The second kappa shape index (κ2) is 6.07. The number of halogens is 2. The number of ether oxygens (including phenoxy) is 1. The maximum absolute atomic E-state index is 13.4. The summed E-state index contributed by atoms with van der Waals surface area (Å²) in [6, 6.07) is 3.40. The van der Waals surface area contributed by atoms with Gasteiger partial charge in [0.1, 0.15) is 11.6 Å². The van der Waals surface area contributed by atoms with Crippen molar-refractivity contribution in [2.24, 2.45) is 11.7 Å². The average Bonchev–Trinajstić information content (AvgIpc) is 2.24. The van der Waals surface area contributed by atoms with Crippen molar-refractivity contribution in [2.45, 2.75) is 32.4 Å². The van der Waals surface area contributed by atoms with E-state index in [0.29, 0.717) is 0 Å². The lowest BCUT2D eigenvalue weighted by atomic mass is 9.94. The van der Waals surface area contributed by atoms with Gasteiger partial charge < -0.3 is 10.5 Å². The van der Waals surface area contributed by atoms with Crippen LogP contribution in [0.3, 0.4) is 0 Å². The number of rotatable bonds is 5. The smallest absolute Gasteiger partial charge is 0.129 e. The molecule has 96 valence electrons. The summed E-state index contributed by atoms with van der Waals surface area (Å²) in [4.78, 5) is 0. The highest BCUT2D eigenvalue weighted by molar-refractivity contribution is 5.21. The summed E-state index contributed by atoms with van der Waals surface area (Å²) < 4.78 is 32.1. The topological polar surface area (TPSA) is 35.2 Å². The van der Waals surface area contributed by atoms with Crippen LogP contribution in [0.1, 0.15) is 19.4 Å². The van der Waals surface area contributed by atoms with Gasteiger partial charge in [0, 0.05) is 18.7 Å². The first kappa shape index (κ1) is 14.1. The van der Waals surface area contributed by atoms with Crippen LogP contribution in [-0.4, -0.2) is 19.3 Å². The first-order valence-electron chi connectivity index (χ1n) is 5.68. The summed E-state index contributed by atoms with van der Waals surface area (Å²) in [7, 11) is 1.56. The molecule has 4 heteroatoms. The second-order valence-corrected chi connectivity index (χ2v) is 4.51. The Balaban J connectivity index is 2.83. The Morgan fingerprint density at radius 3 is 2.18 bits per heavy atom. The van der Waals surface area contributed by atoms with Gasteiger partial charge >= 0.3 is 0 Å². The fourth-order valence-corrected chi connectivity index (χ4v) is 2.02. The van der Waals surface area contributed by atoms with Crippen molar-refractivity contribution >= 4 is 0 Å². The Kier molecular flexibility index (Phi) is 5.02. The highest BCUT2D eigenvalue weighted by atomic mass is 19.1. The molecular formula is C13H19F2NO. The first-order chi connectivity index (χ1) is 7.97. The van der Waals surface area contributed by atoms with Gasteiger partial charge in [-0.3, -0.25) is 0 Å². The van der Waals surface area contributed by atoms with Crippen LogP contribution in [0.15, 0.2) is 18.2 Å². The zero-order chi connectivity index (χ0) is 13.0. The fraction of sp³-hybridized carbons (Fsp3) is 0.538. The summed E-state index contributed by atoms with van der Waals surface area (Å²) in [5, 5.41) is 0. The maximum atomic E-state index is 13.4.